The van der Waals surface area contributed by atoms with Crippen LogP contribution in [0.15, 0.2) is 30.3 Å². The van der Waals surface area contributed by atoms with Crippen LogP contribution >= 0.6 is 11.6 Å². The molecule has 0 spiro atoms. The number of anilines is 1. The molecule has 3 nitrogen and oxygen atoms in total. The normalized spacial score (nSPS) is 11.4. The van der Waals surface area contributed by atoms with Gasteiger partial charge in [-0.2, -0.15) is 13.2 Å². The standard InChI is InChI=1S/C15H12ClF3N2O/c1-8-5-9(2)20-13(6-8)14(22)21-10-3-4-12(16)11(7-10)15(17,18)19/h3-7H,1-2H3,(H,21,22). The van der Waals surface area contributed by atoms with Crippen LogP contribution in [0.4, 0.5) is 18.9 Å². The zero-order valence-electron chi connectivity index (χ0n) is 11.8. The van der Waals surface area contributed by atoms with Crippen molar-refractivity contribution >= 4 is 23.2 Å². The first-order chi connectivity index (χ1) is 10.2. The molecule has 1 amide bonds. The number of aryl methyl sites for hydroxylation is 2. The number of pyridine rings is 1. The molecule has 1 N–H and O–H groups in total. The van der Waals surface area contributed by atoms with Crippen molar-refractivity contribution in [2.24, 2.45) is 0 Å². The fraction of sp³-hybridized carbons (Fsp3) is 0.200. The average Bonchev–Trinajstić information content (AvgIpc) is 2.38. The molecule has 0 radical (unpaired) electrons. The van der Waals surface area contributed by atoms with E-state index < -0.39 is 22.7 Å². The molecule has 0 aliphatic rings. The molecule has 0 fully saturated rings. The molecule has 2 rings (SSSR count). The molecule has 0 aliphatic carbocycles. The van der Waals surface area contributed by atoms with Crippen molar-refractivity contribution in [1.82, 2.24) is 4.98 Å². The van der Waals surface area contributed by atoms with Gasteiger partial charge in [-0.15, -0.1) is 0 Å². The fourth-order valence-corrected chi connectivity index (χ4v) is 2.20. The lowest BCUT2D eigenvalue weighted by atomic mass is 10.1. The summed E-state index contributed by atoms with van der Waals surface area (Å²) in [4.78, 5) is 16.1. The molecule has 7 heteroatoms. The molecule has 1 aromatic carbocycles. The molecule has 0 saturated heterocycles. The Balaban J connectivity index is 2.29. The average molecular weight is 329 g/mol. The number of rotatable bonds is 2. The first kappa shape index (κ1) is 16.3. The van der Waals surface area contributed by atoms with Crippen LogP contribution in [-0.4, -0.2) is 10.9 Å². The number of benzene rings is 1. The lowest BCUT2D eigenvalue weighted by molar-refractivity contribution is -0.137. The van der Waals surface area contributed by atoms with E-state index in [9.17, 15) is 18.0 Å². The molecule has 0 saturated carbocycles. The minimum absolute atomic E-state index is 0.00249. The Morgan fingerprint density at radius 3 is 2.45 bits per heavy atom. The summed E-state index contributed by atoms with van der Waals surface area (Å²) >= 11 is 5.53. The van der Waals surface area contributed by atoms with Crippen molar-refractivity contribution in [2.45, 2.75) is 20.0 Å². The molecule has 0 atom stereocenters. The Hall–Kier alpha value is -2.08. The SMILES string of the molecule is Cc1cc(C)nc(C(=O)Nc2ccc(Cl)c(C(F)(F)F)c2)c1. The highest BCUT2D eigenvalue weighted by Gasteiger charge is 2.33. The third-order valence-corrected chi connectivity index (χ3v) is 3.19. The second-order valence-electron chi connectivity index (χ2n) is 4.82. The highest BCUT2D eigenvalue weighted by molar-refractivity contribution is 6.31. The van der Waals surface area contributed by atoms with Crippen LogP contribution in [-0.2, 0) is 6.18 Å². The number of alkyl halides is 3. The van der Waals surface area contributed by atoms with Crippen molar-refractivity contribution in [2.75, 3.05) is 5.32 Å². The molecular weight excluding hydrogens is 317 g/mol. The van der Waals surface area contributed by atoms with Crippen molar-refractivity contribution in [3.63, 3.8) is 0 Å². The Morgan fingerprint density at radius 1 is 1.18 bits per heavy atom. The Labute approximate surface area is 130 Å². The summed E-state index contributed by atoms with van der Waals surface area (Å²) in [7, 11) is 0. The Kier molecular flexibility index (Phi) is 4.42. The number of carbonyl (C=O) groups excluding carboxylic acids is 1. The molecule has 0 aliphatic heterocycles. The topological polar surface area (TPSA) is 42.0 Å². The maximum atomic E-state index is 12.8. The third-order valence-electron chi connectivity index (χ3n) is 2.86. The molecule has 2 aromatic rings. The number of halogens is 4. The smallest absolute Gasteiger partial charge is 0.321 e. The minimum Gasteiger partial charge on any atom is -0.321 e. The van der Waals surface area contributed by atoms with E-state index >= 15 is 0 Å². The quantitative estimate of drug-likeness (QED) is 0.873. The van der Waals surface area contributed by atoms with Crippen molar-refractivity contribution in [3.05, 3.63) is 57.9 Å². The van der Waals surface area contributed by atoms with Gasteiger partial charge < -0.3 is 5.32 Å². The van der Waals surface area contributed by atoms with Crippen LogP contribution in [0.2, 0.25) is 5.02 Å². The fourth-order valence-electron chi connectivity index (χ4n) is 1.97. The summed E-state index contributed by atoms with van der Waals surface area (Å²) in [6.45, 7) is 3.53. The minimum atomic E-state index is -4.59. The van der Waals surface area contributed by atoms with E-state index in [2.05, 4.69) is 10.3 Å². The summed E-state index contributed by atoms with van der Waals surface area (Å²) < 4.78 is 38.4. The van der Waals surface area contributed by atoms with Gasteiger partial charge in [0.05, 0.1) is 10.6 Å². The number of amides is 1. The first-order valence-electron chi connectivity index (χ1n) is 6.30. The molecule has 22 heavy (non-hydrogen) atoms. The summed E-state index contributed by atoms with van der Waals surface area (Å²) in [5.74, 6) is -0.581. The predicted octanol–water partition coefficient (Wildman–Crippen LogP) is 4.62. The summed E-state index contributed by atoms with van der Waals surface area (Å²) in [5.41, 5.74) is 0.631. The zero-order chi connectivity index (χ0) is 16.5. The van der Waals surface area contributed by atoms with Gasteiger partial charge in [0.1, 0.15) is 5.69 Å². The predicted molar refractivity (Wildman–Crippen MR) is 78.1 cm³/mol. The first-order valence-corrected chi connectivity index (χ1v) is 6.68. The lowest BCUT2D eigenvalue weighted by Crippen LogP contribution is -2.15. The number of hydrogen-bond donors (Lipinski definition) is 1. The van der Waals surface area contributed by atoms with Crippen LogP contribution < -0.4 is 5.32 Å². The Morgan fingerprint density at radius 2 is 1.86 bits per heavy atom. The van der Waals surface area contributed by atoms with E-state index in [1.165, 1.54) is 6.07 Å². The van der Waals surface area contributed by atoms with Gasteiger partial charge in [0.2, 0.25) is 0 Å². The molecule has 1 aromatic heterocycles. The van der Waals surface area contributed by atoms with Gasteiger partial charge in [0.25, 0.3) is 5.91 Å². The van der Waals surface area contributed by atoms with Gasteiger partial charge in [0.15, 0.2) is 0 Å². The van der Waals surface area contributed by atoms with Gasteiger partial charge in [-0.1, -0.05) is 11.6 Å². The van der Waals surface area contributed by atoms with E-state index in [0.29, 0.717) is 5.69 Å². The monoisotopic (exact) mass is 328 g/mol. The second-order valence-corrected chi connectivity index (χ2v) is 5.22. The van der Waals surface area contributed by atoms with Crippen LogP contribution in [0.5, 0.6) is 0 Å². The second kappa shape index (κ2) is 5.96. The number of nitrogens with one attached hydrogen (secondary N) is 1. The highest BCUT2D eigenvalue weighted by atomic mass is 35.5. The maximum absolute atomic E-state index is 12.8. The van der Waals surface area contributed by atoms with E-state index in [0.717, 1.165) is 17.7 Å². The zero-order valence-corrected chi connectivity index (χ0v) is 12.5. The van der Waals surface area contributed by atoms with E-state index in [-0.39, 0.29) is 11.4 Å². The van der Waals surface area contributed by atoms with Gasteiger partial charge in [-0.05, 0) is 49.7 Å². The molecule has 0 unspecified atom stereocenters. The summed E-state index contributed by atoms with van der Waals surface area (Å²) in [6, 6.07) is 6.54. The van der Waals surface area contributed by atoms with E-state index in [1.54, 1.807) is 26.0 Å². The molecule has 1 heterocycles. The van der Waals surface area contributed by atoms with Gasteiger partial charge in [-0.25, -0.2) is 4.98 Å². The van der Waals surface area contributed by atoms with Crippen molar-refractivity contribution < 1.29 is 18.0 Å². The third kappa shape index (κ3) is 3.76. The number of hydrogen-bond acceptors (Lipinski definition) is 2. The van der Waals surface area contributed by atoms with Crippen LogP contribution in [0.25, 0.3) is 0 Å². The molecule has 116 valence electrons. The van der Waals surface area contributed by atoms with Crippen LogP contribution in [0, 0.1) is 13.8 Å². The molecule has 0 bridgehead atoms. The van der Waals surface area contributed by atoms with Gasteiger partial charge in [-0.3, -0.25) is 4.79 Å². The number of nitrogens with zero attached hydrogens (tertiary/aromatic N) is 1. The van der Waals surface area contributed by atoms with Crippen LogP contribution in [0.1, 0.15) is 27.3 Å². The van der Waals surface area contributed by atoms with Crippen molar-refractivity contribution in [3.8, 4) is 0 Å². The van der Waals surface area contributed by atoms with Crippen LogP contribution in [0.3, 0.4) is 0 Å². The molecular formula is C15H12ClF3N2O. The van der Waals surface area contributed by atoms with Gasteiger partial charge >= 0.3 is 6.18 Å². The summed E-state index contributed by atoms with van der Waals surface area (Å²) in [6.07, 6.45) is -4.59. The number of aromatic nitrogens is 1. The van der Waals surface area contributed by atoms with Crippen molar-refractivity contribution in [1.29, 1.82) is 0 Å². The largest absolute Gasteiger partial charge is 0.417 e. The van der Waals surface area contributed by atoms with Gasteiger partial charge in [0, 0.05) is 11.4 Å². The summed E-state index contributed by atoms with van der Waals surface area (Å²) in [5, 5.41) is 1.97. The lowest BCUT2D eigenvalue weighted by Gasteiger charge is -2.12. The van der Waals surface area contributed by atoms with E-state index in [1.807, 2.05) is 0 Å². The Bertz CT molecular complexity index is 709. The maximum Gasteiger partial charge on any atom is 0.417 e. The van der Waals surface area contributed by atoms with E-state index in [4.69, 9.17) is 11.6 Å². The number of carbonyl (C=O) groups is 1. The highest BCUT2D eigenvalue weighted by Crippen LogP contribution is 2.36.